The van der Waals surface area contributed by atoms with Gasteiger partial charge < -0.3 is 14.8 Å². The van der Waals surface area contributed by atoms with Crippen molar-refractivity contribution in [1.82, 2.24) is 10.3 Å². The smallest absolute Gasteiger partial charge is 0.0954 e. The van der Waals surface area contributed by atoms with Gasteiger partial charge in [0.2, 0.25) is 0 Å². The molecule has 0 saturated heterocycles. The molecule has 5 heteroatoms. The second-order valence-corrected chi connectivity index (χ2v) is 6.38. The molecule has 0 aliphatic rings. The van der Waals surface area contributed by atoms with Gasteiger partial charge in [0.1, 0.15) is 0 Å². The highest BCUT2D eigenvalue weighted by molar-refractivity contribution is 7.11. The largest absolute Gasteiger partial charge is 0.382 e. The van der Waals surface area contributed by atoms with Gasteiger partial charge in [0.05, 0.1) is 30.5 Å². The van der Waals surface area contributed by atoms with E-state index >= 15 is 0 Å². The van der Waals surface area contributed by atoms with Crippen LogP contribution in [-0.4, -0.2) is 38.5 Å². The lowest BCUT2D eigenvalue weighted by atomic mass is 10.1. The van der Waals surface area contributed by atoms with Crippen molar-refractivity contribution < 1.29 is 9.47 Å². The van der Waals surface area contributed by atoms with E-state index < -0.39 is 0 Å². The molecule has 0 saturated carbocycles. The van der Waals surface area contributed by atoms with E-state index in [-0.39, 0.29) is 0 Å². The van der Waals surface area contributed by atoms with Crippen molar-refractivity contribution in [3.63, 3.8) is 0 Å². The van der Waals surface area contributed by atoms with E-state index in [4.69, 9.17) is 14.5 Å². The highest BCUT2D eigenvalue weighted by Crippen LogP contribution is 2.22. The molecule has 1 aromatic rings. The van der Waals surface area contributed by atoms with Crippen molar-refractivity contribution in [2.24, 2.45) is 5.92 Å². The first kappa shape index (κ1) is 17.6. The molecule has 0 fully saturated rings. The van der Waals surface area contributed by atoms with E-state index in [1.165, 1.54) is 15.6 Å². The van der Waals surface area contributed by atoms with Gasteiger partial charge in [0.15, 0.2) is 0 Å². The molecule has 4 nitrogen and oxygen atoms in total. The molecular formula is C15H28N2O2S. The third-order valence-corrected chi connectivity index (χ3v) is 4.01. The molecule has 20 heavy (non-hydrogen) atoms. The number of thiazole rings is 1. The number of hydrogen-bond donors (Lipinski definition) is 1. The van der Waals surface area contributed by atoms with Crippen molar-refractivity contribution in [3.05, 3.63) is 15.6 Å². The predicted molar refractivity (Wildman–Crippen MR) is 84.4 cm³/mol. The Balaban J connectivity index is 2.51. The minimum absolute atomic E-state index is 0.642. The maximum atomic E-state index is 5.52. The Labute approximate surface area is 126 Å². The van der Waals surface area contributed by atoms with Crippen molar-refractivity contribution in [2.75, 3.05) is 33.5 Å². The Morgan fingerprint density at radius 3 is 2.70 bits per heavy atom. The number of methoxy groups -OCH3 is 1. The van der Waals surface area contributed by atoms with Crippen LogP contribution in [0.2, 0.25) is 0 Å². The first-order valence-corrected chi connectivity index (χ1v) is 8.23. The molecule has 1 N–H and O–H groups in total. The van der Waals surface area contributed by atoms with Crippen molar-refractivity contribution in [3.8, 4) is 0 Å². The van der Waals surface area contributed by atoms with Crippen LogP contribution in [0, 0.1) is 5.92 Å². The second-order valence-electron chi connectivity index (χ2n) is 5.21. The van der Waals surface area contributed by atoms with E-state index in [9.17, 15) is 0 Å². The van der Waals surface area contributed by atoms with Crippen LogP contribution >= 0.6 is 11.3 Å². The Hall–Kier alpha value is -0.490. The summed E-state index contributed by atoms with van der Waals surface area (Å²) in [6, 6.07) is 0. The number of rotatable bonds is 11. The van der Waals surface area contributed by atoms with E-state index in [0.717, 1.165) is 32.5 Å². The summed E-state index contributed by atoms with van der Waals surface area (Å²) in [5.74, 6) is 0.642. The highest BCUT2D eigenvalue weighted by atomic mass is 32.1. The summed E-state index contributed by atoms with van der Waals surface area (Å²) in [6.07, 6.45) is 1.95. The number of hydrogen-bond acceptors (Lipinski definition) is 5. The maximum Gasteiger partial charge on any atom is 0.0954 e. The highest BCUT2D eigenvalue weighted by Gasteiger charge is 2.12. The SMILES string of the molecule is CCNCc1sc(CCOCCOC)nc1CC(C)C. The molecular weight excluding hydrogens is 272 g/mol. The molecule has 0 aromatic carbocycles. The minimum atomic E-state index is 0.642. The summed E-state index contributed by atoms with van der Waals surface area (Å²) >= 11 is 1.82. The molecule has 0 aliphatic carbocycles. The fourth-order valence-corrected chi connectivity index (χ4v) is 2.92. The van der Waals surface area contributed by atoms with Gasteiger partial charge in [0.25, 0.3) is 0 Å². The topological polar surface area (TPSA) is 43.4 Å². The quantitative estimate of drug-likeness (QED) is 0.638. The normalized spacial score (nSPS) is 11.4. The van der Waals surface area contributed by atoms with E-state index in [1.54, 1.807) is 7.11 Å². The molecule has 1 rings (SSSR count). The molecule has 0 bridgehead atoms. The molecule has 0 aliphatic heterocycles. The molecule has 0 amide bonds. The first-order valence-electron chi connectivity index (χ1n) is 7.42. The molecule has 0 radical (unpaired) electrons. The zero-order chi connectivity index (χ0) is 14.8. The first-order chi connectivity index (χ1) is 9.67. The zero-order valence-electron chi connectivity index (χ0n) is 13.2. The van der Waals surface area contributed by atoms with E-state index in [1.807, 2.05) is 11.3 Å². The van der Waals surface area contributed by atoms with Crippen LogP contribution in [0.4, 0.5) is 0 Å². The van der Waals surface area contributed by atoms with Crippen LogP contribution in [0.5, 0.6) is 0 Å². The number of nitrogens with zero attached hydrogens (tertiary/aromatic N) is 1. The molecule has 0 atom stereocenters. The Kier molecular flexibility index (Phi) is 9.02. The van der Waals surface area contributed by atoms with Crippen LogP contribution in [0.1, 0.15) is 36.3 Å². The maximum absolute atomic E-state index is 5.52. The van der Waals surface area contributed by atoms with Gasteiger partial charge in [-0.1, -0.05) is 20.8 Å². The van der Waals surface area contributed by atoms with Gasteiger partial charge in [-0.3, -0.25) is 0 Å². The summed E-state index contributed by atoms with van der Waals surface area (Å²) in [6.45, 7) is 10.6. The van der Waals surface area contributed by atoms with Crippen LogP contribution in [0.25, 0.3) is 0 Å². The average Bonchev–Trinajstić information content (AvgIpc) is 2.77. The summed E-state index contributed by atoms with van der Waals surface area (Å²) < 4.78 is 10.5. The fraction of sp³-hybridized carbons (Fsp3) is 0.800. The van der Waals surface area contributed by atoms with Crippen molar-refractivity contribution in [2.45, 2.75) is 40.2 Å². The summed E-state index contributed by atoms with van der Waals surface area (Å²) in [7, 11) is 1.69. The summed E-state index contributed by atoms with van der Waals surface area (Å²) in [4.78, 5) is 6.17. The average molecular weight is 300 g/mol. The number of ether oxygens (including phenoxy) is 2. The van der Waals surface area contributed by atoms with Gasteiger partial charge >= 0.3 is 0 Å². The Morgan fingerprint density at radius 2 is 2.05 bits per heavy atom. The third kappa shape index (κ3) is 6.79. The van der Waals surface area contributed by atoms with Gasteiger partial charge in [-0.2, -0.15) is 0 Å². The molecule has 1 aromatic heterocycles. The van der Waals surface area contributed by atoms with Crippen LogP contribution in [0.15, 0.2) is 0 Å². The van der Waals surface area contributed by atoms with Gasteiger partial charge in [-0.25, -0.2) is 4.98 Å². The lowest BCUT2D eigenvalue weighted by Gasteiger charge is -2.05. The summed E-state index contributed by atoms with van der Waals surface area (Å²) in [5.41, 5.74) is 1.26. The van der Waals surface area contributed by atoms with Crippen molar-refractivity contribution >= 4 is 11.3 Å². The molecule has 0 unspecified atom stereocenters. The van der Waals surface area contributed by atoms with E-state index in [2.05, 4.69) is 26.1 Å². The lowest BCUT2D eigenvalue weighted by Crippen LogP contribution is -2.12. The Morgan fingerprint density at radius 1 is 1.25 bits per heavy atom. The molecule has 1 heterocycles. The summed E-state index contributed by atoms with van der Waals surface area (Å²) in [5, 5.41) is 4.58. The second kappa shape index (κ2) is 10.3. The molecule has 116 valence electrons. The third-order valence-electron chi connectivity index (χ3n) is 2.85. The van der Waals surface area contributed by atoms with Gasteiger partial charge in [0, 0.05) is 25.0 Å². The van der Waals surface area contributed by atoms with Crippen LogP contribution < -0.4 is 5.32 Å². The van der Waals surface area contributed by atoms with E-state index in [0.29, 0.717) is 19.1 Å². The van der Waals surface area contributed by atoms with Gasteiger partial charge in [-0.15, -0.1) is 11.3 Å². The van der Waals surface area contributed by atoms with Crippen LogP contribution in [-0.2, 0) is 28.9 Å². The number of aromatic nitrogens is 1. The van der Waals surface area contributed by atoms with Gasteiger partial charge in [-0.05, 0) is 18.9 Å². The lowest BCUT2D eigenvalue weighted by molar-refractivity contribution is 0.0722. The fourth-order valence-electron chi connectivity index (χ4n) is 1.87. The number of nitrogens with one attached hydrogen (secondary N) is 1. The Bertz CT molecular complexity index is 367. The monoisotopic (exact) mass is 300 g/mol. The minimum Gasteiger partial charge on any atom is -0.382 e. The predicted octanol–water partition coefficient (Wildman–Crippen LogP) is 2.66. The van der Waals surface area contributed by atoms with Crippen LogP contribution in [0.3, 0.4) is 0 Å². The molecule has 0 spiro atoms. The zero-order valence-corrected chi connectivity index (χ0v) is 14.0. The standard InChI is InChI=1S/C15H28N2O2S/c1-5-16-11-14-13(10-12(2)3)17-15(20-14)6-7-19-9-8-18-4/h12,16H,5-11H2,1-4H3. The van der Waals surface area contributed by atoms with Crippen molar-refractivity contribution in [1.29, 1.82) is 0 Å².